The maximum Gasteiger partial charge on any atom is 0.407 e. The third kappa shape index (κ3) is 6.29. The molecule has 0 fully saturated rings. The minimum absolute atomic E-state index is 0.279. The Hall–Kier alpha value is -1.37. The number of imide groups is 1. The van der Waals surface area contributed by atoms with E-state index < -0.39 is 11.7 Å². The van der Waals surface area contributed by atoms with Gasteiger partial charge in [-0.25, -0.2) is 4.79 Å². The van der Waals surface area contributed by atoms with Crippen molar-refractivity contribution in [1.82, 2.24) is 10.2 Å². The number of halogens is 1. The Morgan fingerprint density at radius 1 is 1.29 bits per heavy atom. The lowest BCUT2D eigenvalue weighted by Gasteiger charge is -2.19. The van der Waals surface area contributed by atoms with E-state index >= 15 is 0 Å². The quantitative estimate of drug-likeness (QED) is 0.582. The molecule has 0 aliphatic carbocycles. The predicted molar refractivity (Wildman–Crippen MR) is 81.8 cm³/mol. The number of ether oxygens (including phenoxy) is 1. The van der Waals surface area contributed by atoms with Crippen molar-refractivity contribution in [3.8, 4) is 0 Å². The standard InChI is InChI=1S/C14H21BrN2O4/c1-14(2,3)21-13(20)16-7-5-4-6-8-17-11(18)9-10(15)12(17)19/h9H,4-8H2,1-3H3,(H,16,20). The molecule has 3 amide bonds. The van der Waals surface area contributed by atoms with E-state index in [-0.39, 0.29) is 11.8 Å². The molecule has 0 aromatic heterocycles. The molecular weight excluding hydrogens is 340 g/mol. The van der Waals surface area contributed by atoms with E-state index in [0.717, 1.165) is 12.8 Å². The molecule has 0 bridgehead atoms. The Morgan fingerprint density at radius 2 is 1.95 bits per heavy atom. The van der Waals surface area contributed by atoms with Gasteiger partial charge in [0.2, 0.25) is 0 Å². The molecule has 21 heavy (non-hydrogen) atoms. The summed E-state index contributed by atoms with van der Waals surface area (Å²) in [6.45, 7) is 6.34. The van der Waals surface area contributed by atoms with Crippen molar-refractivity contribution in [3.63, 3.8) is 0 Å². The molecular formula is C14H21BrN2O4. The van der Waals surface area contributed by atoms with Crippen LogP contribution in [0, 0.1) is 0 Å². The minimum Gasteiger partial charge on any atom is -0.444 e. The van der Waals surface area contributed by atoms with E-state index in [4.69, 9.17) is 4.74 Å². The third-order valence-electron chi connectivity index (χ3n) is 2.69. The van der Waals surface area contributed by atoms with Crippen LogP contribution in [0.5, 0.6) is 0 Å². The number of hydrogen-bond acceptors (Lipinski definition) is 4. The summed E-state index contributed by atoms with van der Waals surface area (Å²) in [7, 11) is 0. The first-order chi connectivity index (χ1) is 9.70. The maximum atomic E-state index is 11.6. The van der Waals surface area contributed by atoms with Crippen molar-refractivity contribution < 1.29 is 19.1 Å². The average Bonchev–Trinajstić information content (AvgIpc) is 2.57. The van der Waals surface area contributed by atoms with Crippen molar-refractivity contribution in [2.24, 2.45) is 0 Å². The highest BCUT2D eigenvalue weighted by Crippen LogP contribution is 2.18. The normalized spacial score (nSPS) is 15.2. The first-order valence-electron chi connectivity index (χ1n) is 6.90. The Kier molecular flexibility index (Phi) is 6.39. The highest BCUT2D eigenvalue weighted by atomic mass is 79.9. The number of nitrogens with one attached hydrogen (secondary N) is 1. The summed E-state index contributed by atoms with van der Waals surface area (Å²) in [6.07, 6.45) is 3.14. The summed E-state index contributed by atoms with van der Waals surface area (Å²) in [5.74, 6) is -0.564. The van der Waals surface area contributed by atoms with Gasteiger partial charge in [-0.15, -0.1) is 0 Å². The van der Waals surface area contributed by atoms with E-state index in [1.807, 2.05) is 20.8 Å². The molecule has 7 heteroatoms. The van der Waals surface area contributed by atoms with Crippen LogP contribution >= 0.6 is 15.9 Å². The minimum atomic E-state index is -0.499. The van der Waals surface area contributed by atoms with Gasteiger partial charge < -0.3 is 10.1 Å². The molecule has 0 saturated carbocycles. The van der Waals surface area contributed by atoms with Crippen LogP contribution in [0.1, 0.15) is 40.0 Å². The van der Waals surface area contributed by atoms with Crippen molar-refractivity contribution in [1.29, 1.82) is 0 Å². The van der Waals surface area contributed by atoms with E-state index in [1.165, 1.54) is 11.0 Å². The Balaban J connectivity index is 2.10. The van der Waals surface area contributed by atoms with Gasteiger partial charge in [-0.1, -0.05) is 0 Å². The molecule has 118 valence electrons. The van der Waals surface area contributed by atoms with E-state index in [1.54, 1.807) is 0 Å². The van der Waals surface area contributed by atoms with Gasteiger partial charge in [-0.2, -0.15) is 0 Å². The van der Waals surface area contributed by atoms with Crippen LogP contribution < -0.4 is 5.32 Å². The van der Waals surface area contributed by atoms with Gasteiger partial charge in [0.05, 0.1) is 4.48 Å². The molecule has 0 radical (unpaired) electrons. The smallest absolute Gasteiger partial charge is 0.407 e. The molecule has 0 spiro atoms. The van der Waals surface area contributed by atoms with Crippen LogP contribution in [0.15, 0.2) is 10.6 Å². The van der Waals surface area contributed by atoms with Gasteiger partial charge in [-0.05, 0) is 56.0 Å². The topological polar surface area (TPSA) is 75.7 Å². The maximum absolute atomic E-state index is 11.6. The molecule has 0 aromatic carbocycles. The van der Waals surface area contributed by atoms with Gasteiger partial charge in [0, 0.05) is 19.2 Å². The summed E-state index contributed by atoms with van der Waals surface area (Å²) >= 11 is 3.05. The molecule has 0 saturated heterocycles. The lowest BCUT2D eigenvalue weighted by atomic mass is 10.2. The van der Waals surface area contributed by atoms with E-state index in [0.29, 0.717) is 24.0 Å². The monoisotopic (exact) mass is 360 g/mol. The first kappa shape index (κ1) is 17.7. The predicted octanol–water partition coefficient (Wildman–Crippen LogP) is 2.33. The van der Waals surface area contributed by atoms with E-state index in [9.17, 15) is 14.4 Å². The fourth-order valence-electron chi connectivity index (χ4n) is 1.77. The lowest BCUT2D eigenvalue weighted by Crippen LogP contribution is -2.33. The third-order valence-corrected chi connectivity index (χ3v) is 3.26. The van der Waals surface area contributed by atoms with Crippen molar-refractivity contribution in [2.45, 2.75) is 45.6 Å². The molecule has 1 aliphatic heterocycles. The van der Waals surface area contributed by atoms with Crippen molar-refractivity contribution in [3.05, 3.63) is 10.6 Å². The van der Waals surface area contributed by atoms with Gasteiger partial charge in [0.25, 0.3) is 11.8 Å². The van der Waals surface area contributed by atoms with Crippen molar-refractivity contribution in [2.75, 3.05) is 13.1 Å². The van der Waals surface area contributed by atoms with Crippen LogP contribution in [0.25, 0.3) is 0 Å². The number of alkyl carbamates (subject to hydrolysis) is 1. The molecule has 0 aromatic rings. The summed E-state index contributed by atoms with van der Waals surface area (Å²) in [5, 5.41) is 2.67. The first-order valence-corrected chi connectivity index (χ1v) is 7.70. The second-order valence-electron chi connectivity index (χ2n) is 5.78. The largest absolute Gasteiger partial charge is 0.444 e. The SMILES string of the molecule is CC(C)(C)OC(=O)NCCCCCN1C(=O)C=C(Br)C1=O. The number of amides is 3. The second kappa shape index (κ2) is 7.59. The molecule has 1 heterocycles. The fraction of sp³-hybridized carbons (Fsp3) is 0.643. The highest BCUT2D eigenvalue weighted by Gasteiger charge is 2.28. The molecule has 1 aliphatic rings. The van der Waals surface area contributed by atoms with Crippen LogP contribution in [-0.2, 0) is 14.3 Å². The molecule has 0 atom stereocenters. The Bertz CT molecular complexity index is 454. The molecule has 1 N–H and O–H groups in total. The molecule has 1 rings (SSSR count). The fourth-order valence-corrected chi connectivity index (χ4v) is 2.18. The van der Waals surface area contributed by atoms with Crippen LogP contribution in [-0.4, -0.2) is 41.5 Å². The zero-order valence-corrected chi connectivity index (χ0v) is 14.2. The molecule has 0 unspecified atom stereocenters. The summed E-state index contributed by atoms with van der Waals surface area (Å²) in [6, 6.07) is 0. The summed E-state index contributed by atoms with van der Waals surface area (Å²) in [4.78, 5) is 35.6. The number of carbonyl (C=O) groups excluding carboxylic acids is 3. The van der Waals surface area contributed by atoms with Gasteiger partial charge in [0.1, 0.15) is 5.60 Å². The Morgan fingerprint density at radius 3 is 2.48 bits per heavy atom. The summed E-state index contributed by atoms with van der Waals surface area (Å²) < 4.78 is 5.41. The van der Waals surface area contributed by atoms with E-state index in [2.05, 4.69) is 21.2 Å². The summed E-state index contributed by atoms with van der Waals surface area (Å²) in [5.41, 5.74) is -0.499. The van der Waals surface area contributed by atoms with Gasteiger partial charge in [-0.3, -0.25) is 14.5 Å². The number of carbonyl (C=O) groups is 3. The number of unbranched alkanes of at least 4 members (excludes halogenated alkanes) is 2. The Labute approximate surface area is 133 Å². The van der Waals surface area contributed by atoms with Crippen LogP contribution in [0.3, 0.4) is 0 Å². The number of rotatable bonds is 6. The zero-order valence-electron chi connectivity index (χ0n) is 12.6. The van der Waals surface area contributed by atoms with Crippen LogP contribution in [0.2, 0.25) is 0 Å². The second-order valence-corrected chi connectivity index (χ2v) is 6.63. The lowest BCUT2D eigenvalue weighted by molar-refractivity contribution is -0.136. The number of hydrogen-bond donors (Lipinski definition) is 1. The van der Waals surface area contributed by atoms with Gasteiger partial charge in [0.15, 0.2) is 0 Å². The van der Waals surface area contributed by atoms with Gasteiger partial charge >= 0.3 is 6.09 Å². The highest BCUT2D eigenvalue weighted by molar-refractivity contribution is 9.12. The van der Waals surface area contributed by atoms with Crippen molar-refractivity contribution >= 4 is 33.8 Å². The zero-order chi connectivity index (χ0) is 16.0. The number of nitrogens with zero attached hydrogens (tertiary/aromatic N) is 1. The molecule has 6 nitrogen and oxygen atoms in total. The average molecular weight is 361 g/mol. The van der Waals surface area contributed by atoms with Crippen LogP contribution in [0.4, 0.5) is 4.79 Å².